The molecule has 1 rings (SSSR count). The third kappa shape index (κ3) is 4.30. The molecule has 1 aromatic rings. The van der Waals surface area contributed by atoms with Gasteiger partial charge in [-0.15, -0.1) is 0 Å². The van der Waals surface area contributed by atoms with Crippen molar-refractivity contribution in [1.82, 2.24) is 0 Å². The van der Waals surface area contributed by atoms with Crippen LogP contribution in [0.4, 0.5) is 8.78 Å². The van der Waals surface area contributed by atoms with Crippen molar-refractivity contribution in [2.24, 2.45) is 5.41 Å². The van der Waals surface area contributed by atoms with Gasteiger partial charge in [-0.25, -0.2) is 8.78 Å². The Morgan fingerprint density at radius 3 is 2.12 bits per heavy atom. The Morgan fingerprint density at radius 1 is 1.18 bits per heavy atom. The molecule has 0 saturated carbocycles. The summed E-state index contributed by atoms with van der Waals surface area (Å²) < 4.78 is 32.0. The van der Waals surface area contributed by atoms with Gasteiger partial charge < -0.3 is 9.84 Å². The highest BCUT2D eigenvalue weighted by Crippen LogP contribution is 2.25. The second kappa shape index (κ2) is 5.45. The van der Waals surface area contributed by atoms with Crippen molar-refractivity contribution in [2.75, 3.05) is 6.61 Å². The molecule has 2 nitrogen and oxygen atoms in total. The van der Waals surface area contributed by atoms with E-state index in [1.807, 2.05) is 20.8 Å². The van der Waals surface area contributed by atoms with Crippen LogP contribution in [-0.4, -0.2) is 11.7 Å². The van der Waals surface area contributed by atoms with Crippen LogP contribution >= 0.6 is 0 Å². The molecule has 1 N–H and O–H groups in total. The number of aliphatic hydroxyl groups is 1. The van der Waals surface area contributed by atoms with Crippen LogP contribution < -0.4 is 4.74 Å². The first-order valence-corrected chi connectivity index (χ1v) is 5.55. The highest BCUT2D eigenvalue weighted by molar-refractivity contribution is 5.31. The maximum Gasteiger partial charge on any atom is 0.190 e. The molecule has 17 heavy (non-hydrogen) atoms. The van der Waals surface area contributed by atoms with Crippen LogP contribution in [0.5, 0.6) is 5.75 Å². The first-order valence-electron chi connectivity index (χ1n) is 5.55. The first kappa shape index (κ1) is 13.9. The molecule has 0 amide bonds. The van der Waals surface area contributed by atoms with Gasteiger partial charge in [0.15, 0.2) is 17.4 Å². The number of hydrogen-bond donors (Lipinski definition) is 1. The Kier molecular flexibility index (Phi) is 4.46. The lowest BCUT2D eigenvalue weighted by molar-refractivity contribution is 0.225. The molecule has 4 heteroatoms. The second-order valence-corrected chi connectivity index (χ2v) is 5.21. The smallest absolute Gasteiger partial charge is 0.190 e. The molecule has 0 aliphatic carbocycles. The van der Waals surface area contributed by atoms with E-state index in [-0.39, 0.29) is 23.3 Å². The second-order valence-electron chi connectivity index (χ2n) is 5.21. The fourth-order valence-corrected chi connectivity index (χ4v) is 1.30. The van der Waals surface area contributed by atoms with Crippen LogP contribution in [-0.2, 0) is 6.61 Å². The maximum atomic E-state index is 13.4. The lowest BCUT2D eigenvalue weighted by Gasteiger charge is -2.18. The van der Waals surface area contributed by atoms with Gasteiger partial charge in [-0.3, -0.25) is 0 Å². The molecule has 0 bridgehead atoms. The summed E-state index contributed by atoms with van der Waals surface area (Å²) in [6.07, 6.45) is 0.702. The molecule has 0 atom stereocenters. The van der Waals surface area contributed by atoms with Crippen molar-refractivity contribution in [3.63, 3.8) is 0 Å². The van der Waals surface area contributed by atoms with Crippen molar-refractivity contribution in [1.29, 1.82) is 0 Å². The van der Waals surface area contributed by atoms with Gasteiger partial charge in [-0.05, 0) is 29.5 Å². The lowest BCUT2D eigenvalue weighted by Crippen LogP contribution is -2.12. The zero-order valence-corrected chi connectivity index (χ0v) is 10.4. The van der Waals surface area contributed by atoms with Gasteiger partial charge in [0, 0.05) is 0 Å². The molecule has 0 spiro atoms. The summed E-state index contributed by atoms with van der Waals surface area (Å²) in [5.74, 6) is -1.92. The number of benzene rings is 1. The topological polar surface area (TPSA) is 29.5 Å². The molecule has 0 heterocycles. The zero-order valence-electron chi connectivity index (χ0n) is 10.4. The highest BCUT2D eigenvalue weighted by Gasteiger charge is 2.15. The largest absolute Gasteiger partial charge is 0.488 e. The van der Waals surface area contributed by atoms with E-state index in [0.29, 0.717) is 6.42 Å². The van der Waals surface area contributed by atoms with Gasteiger partial charge >= 0.3 is 0 Å². The summed E-state index contributed by atoms with van der Waals surface area (Å²) in [5, 5.41) is 8.79. The standard InChI is InChI=1S/C13H18F2O2/c1-13(2,3)4-5-17-12-10(14)6-9(8-16)7-11(12)15/h6-7,16H,4-5,8H2,1-3H3. The third-order valence-corrected chi connectivity index (χ3v) is 2.34. The molecular weight excluding hydrogens is 226 g/mol. The minimum absolute atomic E-state index is 0.0536. The Labute approximate surface area is 100 Å². The molecule has 0 saturated heterocycles. The Bertz CT molecular complexity index is 360. The van der Waals surface area contributed by atoms with Gasteiger partial charge in [-0.2, -0.15) is 0 Å². The fraction of sp³-hybridized carbons (Fsp3) is 0.538. The maximum absolute atomic E-state index is 13.4. The van der Waals surface area contributed by atoms with Crippen molar-refractivity contribution in [2.45, 2.75) is 33.8 Å². The van der Waals surface area contributed by atoms with Crippen LogP contribution in [0.15, 0.2) is 12.1 Å². The van der Waals surface area contributed by atoms with E-state index < -0.39 is 18.2 Å². The summed E-state index contributed by atoms with van der Waals surface area (Å²) in [5.41, 5.74) is 0.251. The predicted molar refractivity (Wildman–Crippen MR) is 61.8 cm³/mol. The monoisotopic (exact) mass is 244 g/mol. The Hall–Kier alpha value is -1.16. The van der Waals surface area contributed by atoms with Crippen molar-refractivity contribution in [3.05, 3.63) is 29.3 Å². The summed E-state index contributed by atoms with van der Waals surface area (Å²) in [7, 11) is 0. The Balaban J connectivity index is 2.72. The molecule has 1 aromatic carbocycles. The van der Waals surface area contributed by atoms with Crippen LogP contribution in [0.3, 0.4) is 0 Å². The fourth-order valence-electron chi connectivity index (χ4n) is 1.30. The quantitative estimate of drug-likeness (QED) is 0.880. The minimum atomic E-state index is -0.775. The summed E-state index contributed by atoms with van der Waals surface area (Å²) >= 11 is 0. The number of rotatable bonds is 4. The van der Waals surface area contributed by atoms with Gasteiger partial charge in [0.1, 0.15) is 0 Å². The molecule has 0 radical (unpaired) electrons. The normalized spacial score (nSPS) is 11.6. The summed E-state index contributed by atoms with van der Waals surface area (Å²) in [6, 6.07) is 2.16. The van der Waals surface area contributed by atoms with E-state index >= 15 is 0 Å². The van der Waals surface area contributed by atoms with E-state index in [2.05, 4.69) is 0 Å². The lowest BCUT2D eigenvalue weighted by atomic mass is 9.93. The van der Waals surface area contributed by atoms with Gasteiger partial charge in [0.25, 0.3) is 0 Å². The van der Waals surface area contributed by atoms with E-state index in [9.17, 15) is 8.78 Å². The van der Waals surface area contributed by atoms with Crippen LogP contribution in [0.25, 0.3) is 0 Å². The zero-order chi connectivity index (χ0) is 13.1. The molecule has 96 valence electrons. The summed E-state index contributed by atoms with van der Waals surface area (Å²) in [6.45, 7) is 5.94. The average Bonchev–Trinajstić information content (AvgIpc) is 2.20. The molecule has 0 aliphatic heterocycles. The SMILES string of the molecule is CC(C)(C)CCOc1c(F)cc(CO)cc1F. The van der Waals surface area contributed by atoms with E-state index in [0.717, 1.165) is 12.1 Å². The first-order chi connectivity index (χ1) is 7.83. The minimum Gasteiger partial charge on any atom is -0.488 e. The van der Waals surface area contributed by atoms with E-state index in [1.54, 1.807) is 0 Å². The number of aliphatic hydroxyl groups excluding tert-OH is 1. The number of hydrogen-bond acceptors (Lipinski definition) is 2. The van der Waals surface area contributed by atoms with Crippen molar-refractivity contribution >= 4 is 0 Å². The predicted octanol–water partition coefficient (Wildman–Crippen LogP) is 3.27. The van der Waals surface area contributed by atoms with Gasteiger partial charge in [-0.1, -0.05) is 20.8 Å². The van der Waals surface area contributed by atoms with Gasteiger partial charge in [0.05, 0.1) is 13.2 Å². The molecule has 0 aliphatic rings. The average molecular weight is 244 g/mol. The molecule has 0 unspecified atom stereocenters. The van der Waals surface area contributed by atoms with Crippen LogP contribution in [0.1, 0.15) is 32.8 Å². The summed E-state index contributed by atoms with van der Waals surface area (Å²) in [4.78, 5) is 0. The molecular formula is C13H18F2O2. The Morgan fingerprint density at radius 2 is 1.71 bits per heavy atom. The molecule has 0 aromatic heterocycles. The van der Waals surface area contributed by atoms with Crippen molar-refractivity contribution < 1.29 is 18.6 Å². The highest BCUT2D eigenvalue weighted by atomic mass is 19.1. The van der Waals surface area contributed by atoms with Gasteiger partial charge in [0.2, 0.25) is 0 Å². The van der Waals surface area contributed by atoms with Crippen molar-refractivity contribution in [3.8, 4) is 5.75 Å². The van der Waals surface area contributed by atoms with E-state index in [4.69, 9.17) is 9.84 Å². The number of halogens is 2. The van der Waals surface area contributed by atoms with E-state index in [1.165, 1.54) is 0 Å². The molecule has 0 fully saturated rings. The van der Waals surface area contributed by atoms with Crippen LogP contribution in [0, 0.1) is 17.0 Å². The third-order valence-electron chi connectivity index (χ3n) is 2.34. The van der Waals surface area contributed by atoms with Crippen LogP contribution in [0.2, 0.25) is 0 Å². The number of ether oxygens (including phenoxy) is 1.